The van der Waals surface area contributed by atoms with Crippen molar-refractivity contribution in [1.29, 1.82) is 0 Å². The minimum absolute atomic E-state index is 0.0512. The van der Waals surface area contributed by atoms with Crippen molar-refractivity contribution < 1.29 is 14.7 Å². The van der Waals surface area contributed by atoms with Crippen molar-refractivity contribution in [2.75, 3.05) is 13.1 Å². The predicted octanol–water partition coefficient (Wildman–Crippen LogP) is 2.28. The van der Waals surface area contributed by atoms with Crippen LogP contribution in [0.15, 0.2) is 0 Å². The third-order valence-electron chi connectivity index (χ3n) is 4.70. The molecule has 4 heteroatoms. The summed E-state index contributed by atoms with van der Waals surface area (Å²) in [6, 6.07) is 0. The topological polar surface area (TPSA) is 57.6 Å². The van der Waals surface area contributed by atoms with E-state index >= 15 is 0 Å². The Morgan fingerprint density at radius 1 is 1.33 bits per heavy atom. The number of hydrogen-bond donors (Lipinski definition) is 1. The molecule has 1 aliphatic heterocycles. The predicted molar refractivity (Wildman–Crippen MR) is 68.1 cm³/mol. The van der Waals surface area contributed by atoms with Gasteiger partial charge in [0.2, 0.25) is 5.91 Å². The van der Waals surface area contributed by atoms with E-state index in [9.17, 15) is 14.7 Å². The first-order valence-electron chi connectivity index (χ1n) is 7.08. The van der Waals surface area contributed by atoms with Crippen molar-refractivity contribution in [3.63, 3.8) is 0 Å². The molecule has 102 valence electrons. The van der Waals surface area contributed by atoms with Crippen LogP contribution >= 0.6 is 0 Å². The molecule has 1 unspecified atom stereocenters. The lowest BCUT2D eigenvalue weighted by Gasteiger charge is -2.40. The lowest BCUT2D eigenvalue weighted by atomic mass is 9.66. The molecular weight excluding hydrogens is 230 g/mol. The van der Waals surface area contributed by atoms with E-state index in [0.29, 0.717) is 18.8 Å². The van der Waals surface area contributed by atoms with Crippen molar-refractivity contribution in [1.82, 2.24) is 4.90 Å². The number of likely N-dealkylation sites (tertiary alicyclic amines) is 1. The van der Waals surface area contributed by atoms with Gasteiger partial charge >= 0.3 is 5.97 Å². The fraction of sp³-hybridized carbons (Fsp3) is 0.857. The number of carboxylic acid groups (broad SMARTS) is 1. The second-order valence-electron chi connectivity index (χ2n) is 5.87. The lowest BCUT2D eigenvalue weighted by molar-refractivity contribution is -0.160. The molecule has 1 aliphatic carbocycles. The summed E-state index contributed by atoms with van der Waals surface area (Å²) < 4.78 is 0. The number of amides is 1. The molecular formula is C14H23NO3. The molecule has 0 bridgehead atoms. The third-order valence-corrected chi connectivity index (χ3v) is 4.70. The van der Waals surface area contributed by atoms with Gasteiger partial charge in [0.15, 0.2) is 0 Å². The summed E-state index contributed by atoms with van der Waals surface area (Å²) in [4.78, 5) is 25.4. The van der Waals surface area contributed by atoms with Crippen LogP contribution < -0.4 is 0 Å². The van der Waals surface area contributed by atoms with Gasteiger partial charge in [-0.25, -0.2) is 0 Å². The Morgan fingerprint density at radius 3 is 2.56 bits per heavy atom. The Labute approximate surface area is 108 Å². The van der Waals surface area contributed by atoms with E-state index < -0.39 is 11.4 Å². The molecule has 1 heterocycles. The number of nitrogens with zero attached hydrogens (tertiary/aromatic N) is 1. The Bertz CT molecular complexity index is 336. The molecule has 1 saturated carbocycles. The van der Waals surface area contributed by atoms with Crippen LogP contribution in [0.1, 0.15) is 51.9 Å². The number of rotatable bonds is 4. The van der Waals surface area contributed by atoms with Crippen LogP contribution in [0.4, 0.5) is 0 Å². The summed E-state index contributed by atoms with van der Waals surface area (Å²) >= 11 is 0. The van der Waals surface area contributed by atoms with E-state index in [1.165, 1.54) is 6.42 Å². The Hall–Kier alpha value is -1.06. The van der Waals surface area contributed by atoms with E-state index in [1.54, 1.807) is 0 Å². The number of piperidine rings is 1. The van der Waals surface area contributed by atoms with Crippen molar-refractivity contribution in [2.45, 2.75) is 51.9 Å². The summed E-state index contributed by atoms with van der Waals surface area (Å²) in [5, 5.41) is 9.26. The zero-order chi connectivity index (χ0) is 13.2. The minimum atomic E-state index is -0.786. The van der Waals surface area contributed by atoms with Crippen LogP contribution in [0.25, 0.3) is 0 Å². The second kappa shape index (κ2) is 5.29. The Kier molecular flexibility index (Phi) is 3.93. The highest BCUT2D eigenvalue weighted by Gasteiger charge is 2.46. The fourth-order valence-corrected chi connectivity index (χ4v) is 3.10. The van der Waals surface area contributed by atoms with Gasteiger partial charge in [0, 0.05) is 19.5 Å². The average molecular weight is 253 g/mol. The van der Waals surface area contributed by atoms with Crippen molar-refractivity contribution >= 4 is 11.9 Å². The van der Waals surface area contributed by atoms with Crippen molar-refractivity contribution in [3.05, 3.63) is 0 Å². The number of hydrogen-bond acceptors (Lipinski definition) is 2. The highest BCUT2D eigenvalue weighted by molar-refractivity contribution is 5.85. The van der Waals surface area contributed by atoms with E-state index in [0.717, 1.165) is 32.4 Å². The van der Waals surface area contributed by atoms with Crippen LogP contribution in [0.2, 0.25) is 0 Å². The highest BCUT2D eigenvalue weighted by atomic mass is 16.4. The van der Waals surface area contributed by atoms with Crippen LogP contribution in [-0.2, 0) is 9.59 Å². The average Bonchev–Trinajstić information content (AvgIpc) is 2.33. The van der Waals surface area contributed by atoms with E-state index in [-0.39, 0.29) is 12.3 Å². The van der Waals surface area contributed by atoms with Crippen molar-refractivity contribution in [2.24, 2.45) is 11.3 Å². The maximum atomic E-state index is 12.2. The van der Waals surface area contributed by atoms with Crippen molar-refractivity contribution in [3.8, 4) is 0 Å². The van der Waals surface area contributed by atoms with Gasteiger partial charge in [-0.15, -0.1) is 0 Å². The van der Waals surface area contributed by atoms with Gasteiger partial charge in [0.25, 0.3) is 0 Å². The molecule has 2 rings (SSSR count). The molecule has 0 radical (unpaired) electrons. The van der Waals surface area contributed by atoms with Crippen LogP contribution in [-0.4, -0.2) is 35.0 Å². The summed E-state index contributed by atoms with van der Waals surface area (Å²) in [6.07, 6.45) is 5.84. The molecule has 1 atom stereocenters. The minimum Gasteiger partial charge on any atom is -0.481 e. The normalized spacial score (nSPS) is 26.5. The molecule has 0 spiro atoms. The molecule has 18 heavy (non-hydrogen) atoms. The van der Waals surface area contributed by atoms with Gasteiger partial charge in [-0.05, 0) is 31.6 Å². The van der Waals surface area contributed by atoms with Gasteiger partial charge in [-0.3, -0.25) is 9.59 Å². The molecule has 2 aliphatic rings. The molecule has 2 fully saturated rings. The molecule has 4 nitrogen and oxygen atoms in total. The SMILES string of the molecule is CCC1CCCN(C(=O)CC2(C(=O)O)CCC2)C1. The monoisotopic (exact) mass is 253 g/mol. The number of carbonyl (C=O) groups excluding carboxylic acids is 1. The molecule has 0 aromatic heterocycles. The molecule has 1 amide bonds. The van der Waals surface area contributed by atoms with Crippen LogP contribution in [0, 0.1) is 11.3 Å². The summed E-state index contributed by atoms with van der Waals surface area (Å²) in [5.74, 6) is -0.133. The standard InChI is InChI=1S/C14H23NO3/c1-2-11-5-3-8-15(10-11)12(16)9-14(13(17)18)6-4-7-14/h11H,2-10H2,1H3,(H,17,18). The highest BCUT2D eigenvalue weighted by Crippen LogP contribution is 2.44. The van der Waals surface area contributed by atoms with Gasteiger partial charge < -0.3 is 10.0 Å². The Balaban J connectivity index is 1.93. The lowest BCUT2D eigenvalue weighted by Crippen LogP contribution is -2.46. The van der Waals surface area contributed by atoms with Crippen LogP contribution in [0.3, 0.4) is 0 Å². The molecule has 0 aromatic rings. The summed E-state index contributed by atoms with van der Waals surface area (Å²) in [5.41, 5.74) is -0.740. The van der Waals surface area contributed by atoms with E-state index in [1.807, 2.05) is 4.90 Å². The summed E-state index contributed by atoms with van der Waals surface area (Å²) in [7, 11) is 0. The number of carbonyl (C=O) groups is 2. The van der Waals surface area contributed by atoms with E-state index in [2.05, 4.69) is 6.92 Å². The largest absolute Gasteiger partial charge is 0.481 e. The number of carboxylic acids is 1. The molecule has 0 aromatic carbocycles. The van der Waals surface area contributed by atoms with Gasteiger partial charge in [0.05, 0.1) is 5.41 Å². The summed E-state index contributed by atoms with van der Waals surface area (Å²) in [6.45, 7) is 3.79. The van der Waals surface area contributed by atoms with Gasteiger partial charge in [0.1, 0.15) is 0 Å². The van der Waals surface area contributed by atoms with Crippen LogP contribution in [0.5, 0.6) is 0 Å². The maximum absolute atomic E-state index is 12.2. The zero-order valence-electron chi connectivity index (χ0n) is 11.2. The molecule has 1 saturated heterocycles. The number of aliphatic carboxylic acids is 1. The second-order valence-corrected chi connectivity index (χ2v) is 5.87. The first-order chi connectivity index (χ1) is 8.57. The first kappa shape index (κ1) is 13.4. The molecule has 1 N–H and O–H groups in total. The zero-order valence-corrected chi connectivity index (χ0v) is 11.2. The van der Waals surface area contributed by atoms with E-state index in [4.69, 9.17) is 0 Å². The first-order valence-corrected chi connectivity index (χ1v) is 7.08. The fourth-order valence-electron chi connectivity index (χ4n) is 3.10. The van der Waals surface area contributed by atoms with Gasteiger partial charge in [-0.1, -0.05) is 19.8 Å². The third kappa shape index (κ3) is 2.52. The maximum Gasteiger partial charge on any atom is 0.310 e. The Morgan fingerprint density at radius 2 is 2.06 bits per heavy atom. The quantitative estimate of drug-likeness (QED) is 0.836. The van der Waals surface area contributed by atoms with Gasteiger partial charge in [-0.2, -0.15) is 0 Å². The smallest absolute Gasteiger partial charge is 0.310 e.